The molecule has 1 aromatic rings. The Morgan fingerprint density at radius 2 is 2.33 bits per heavy atom. The monoisotopic (exact) mass is 310 g/mol. The molecular formula is C15H23BrN2. The van der Waals surface area contributed by atoms with Crippen LogP contribution in [-0.4, -0.2) is 31.6 Å². The van der Waals surface area contributed by atoms with Crippen molar-refractivity contribution in [2.75, 3.05) is 26.7 Å². The lowest BCUT2D eigenvalue weighted by Gasteiger charge is -2.30. The molecule has 2 rings (SSSR count). The van der Waals surface area contributed by atoms with Gasteiger partial charge in [-0.3, -0.25) is 0 Å². The Labute approximate surface area is 119 Å². The first-order valence-corrected chi connectivity index (χ1v) is 7.62. The van der Waals surface area contributed by atoms with E-state index < -0.39 is 0 Å². The maximum absolute atomic E-state index is 3.67. The van der Waals surface area contributed by atoms with E-state index in [1.54, 1.807) is 0 Å². The van der Waals surface area contributed by atoms with Crippen molar-refractivity contribution >= 4 is 15.9 Å². The quantitative estimate of drug-likeness (QED) is 0.916. The van der Waals surface area contributed by atoms with E-state index in [4.69, 9.17) is 0 Å². The Morgan fingerprint density at radius 1 is 1.50 bits per heavy atom. The van der Waals surface area contributed by atoms with Gasteiger partial charge >= 0.3 is 0 Å². The van der Waals surface area contributed by atoms with Crippen LogP contribution in [0.25, 0.3) is 0 Å². The van der Waals surface area contributed by atoms with Crippen molar-refractivity contribution in [1.29, 1.82) is 0 Å². The van der Waals surface area contributed by atoms with E-state index in [2.05, 4.69) is 64.4 Å². The van der Waals surface area contributed by atoms with Gasteiger partial charge in [0.25, 0.3) is 0 Å². The maximum Gasteiger partial charge on any atom is 0.0292 e. The van der Waals surface area contributed by atoms with Gasteiger partial charge in [-0.15, -0.1) is 0 Å². The van der Waals surface area contributed by atoms with Gasteiger partial charge in [0.05, 0.1) is 0 Å². The zero-order valence-corrected chi connectivity index (χ0v) is 12.9. The van der Waals surface area contributed by atoms with Gasteiger partial charge in [0, 0.05) is 17.1 Å². The summed E-state index contributed by atoms with van der Waals surface area (Å²) in [5.41, 5.74) is 1.36. The highest BCUT2D eigenvalue weighted by Crippen LogP contribution is 2.19. The molecule has 1 aliphatic heterocycles. The summed E-state index contributed by atoms with van der Waals surface area (Å²) in [4.78, 5) is 2.44. The Kier molecular flexibility index (Phi) is 5.22. The molecule has 3 heteroatoms. The minimum Gasteiger partial charge on any atom is -0.310 e. The van der Waals surface area contributed by atoms with Crippen molar-refractivity contribution in [3.8, 4) is 0 Å². The SMILES string of the molecule is CC(NCC1CCCN(C)C1)c1cccc(Br)c1. The van der Waals surface area contributed by atoms with Gasteiger partial charge in [-0.05, 0) is 63.5 Å². The molecular weight excluding hydrogens is 288 g/mol. The summed E-state index contributed by atoms with van der Waals surface area (Å²) in [6, 6.07) is 8.99. The van der Waals surface area contributed by atoms with E-state index in [-0.39, 0.29) is 0 Å². The van der Waals surface area contributed by atoms with Crippen LogP contribution < -0.4 is 5.32 Å². The van der Waals surface area contributed by atoms with Gasteiger partial charge < -0.3 is 10.2 Å². The van der Waals surface area contributed by atoms with Gasteiger partial charge in [0.2, 0.25) is 0 Å². The molecule has 0 spiro atoms. The summed E-state index contributed by atoms with van der Waals surface area (Å²) < 4.78 is 1.16. The topological polar surface area (TPSA) is 15.3 Å². The van der Waals surface area contributed by atoms with Crippen molar-refractivity contribution in [3.05, 3.63) is 34.3 Å². The van der Waals surface area contributed by atoms with Crippen LogP contribution in [-0.2, 0) is 0 Å². The van der Waals surface area contributed by atoms with Gasteiger partial charge in [0.1, 0.15) is 0 Å². The number of hydrogen-bond acceptors (Lipinski definition) is 2. The second-order valence-electron chi connectivity index (χ2n) is 5.46. The van der Waals surface area contributed by atoms with Crippen LogP contribution in [0.4, 0.5) is 0 Å². The van der Waals surface area contributed by atoms with Crippen molar-refractivity contribution in [2.45, 2.75) is 25.8 Å². The number of benzene rings is 1. The molecule has 1 aliphatic rings. The van der Waals surface area contributed by atoms with Crippen LogP contribution in [0.15, 0.2) is 28.7 Å². The standard InChI is InChI=1S/C15H23BrN2/c1-12(14-6-3-7-15(16)9-14)17-10-13-5-4-8-18(2)11-13/h3,6-7,9,12-13,17H,4-5,8,10-11H2,1-2H3. The number of nitrogens with one attached hydrogen (secondary N) is 1. The molecule has 1 N–H and O–H groups in total. The fraction of sp³-hybridized carbons (Fsp3) is 0.600. The molecule has 0 saturated carbocycles. The van der Waals surface area contributed by atoms with Crippen molar-refractivity contribution in [3.63, 3.8) is 0 Å². The summed E-state index contributed by atoms with van der Waals surface area (Å²) >= 11 is 3.53. The van der Waals surface area contributed by atoms with Gasteiger partial charge in [0.15, 0.2) is 0 Å². The fourth-order valence-electron chi connectivity index (χ4n) is 2.68. The fourth-order valence-corrected chi connectivity index (χ4v) is 3.09. The summed E-state index contributed by atoms with van der Waals surface area (Å²) in [7, 11) is 2.23. The molecule has 1 saturated heterocycles. The third-order valence-corrected chi connectivity index (χ3v) is 4.28. The molecule has 1 aromatic carbocycles. The Bertz CT molecular complexity index is 381. The van der Waals surface area contributed by atoms with E-state index in [9.17, 15) is 0 Å². The van der Waals surface area contributed by atoms with E-state index in [1.807, 2.05) is 0 Å². The molecule has 2 atom stereocenters. The molecule has 2 nitrogen and oxygen atoms in total. The van der Waals surface area contributed by atoms with Crippen LogP contribution in [0.2, 0.25) is 0 Å². The zero-order valence-electron chi connectivity index (χ0n) is 11.3. The largest absolute Gasteiger partial charge is 0.310 e. The van der Waals surface area contributed by atoms with Gasteiger partial charge in [-0.2, -0.15) is 0 Å². The van der Waals surface area contributed by atoms with E-state index in [1.165, 1.54) is 31.5 Å². The molecule has 0 bridgehead atoms. The van der Waals surface area contributed by atoms with Crippen LogP contribution in [0, 0.1) is 5.92 Å². The molecule has 0 radical (unpaired) electrons. The highest BCUT2D eigenvalue weighted by Gasteiger charge is 2.17. The van der Waals surface area contributed by atoms with Crippen molar-refractivity contribution in [2.24, 2.45) is 5.92 Å². The van der Waals surface area contributed by atoms with Crippen molar-refractivity contribution < 1.29 is 0 Å². The van der Waals surface area contributed by atoms with E-state index in [0.717, 1.165) is 16.9 Å². The molecule has 2 unspecified atom stereocenters. The second-order valence-corrected chi connectivity index (χ2v) is 6.37. The lowest BCUT2D eigenvalue weighted by Crippen LogP contribution is -2.37. The van der Waals surface area contributed by atoms with E-state index in [0.29, 0.717) is 6.04 Å². The Balaban J connectivity index is 1.82. The predicted molar refractivity (Wildman–Crippen MR) is 80.8 cm³/mol. The average Bonchev–Trinajstić information content (AvgIpc) is 2.36. The van der Waals surface area contributed by atoms with Crippen molar-refractivity contribution in [1.82, 2.24) is 10.2 Å². The number of rotatable bonds is 4. The lowest BCUT2D eigenvalue weighted by atomic mass is 9.98. The summed E-state index contributed by atoms with van der Waals surface area (Å²) in [6.07, 6.45) is 2.71. The molecule has 0 amide bonds. The summed E-state index contributed by atoms with van der Waals surface area (Å²) in [5.74, 6) is 0.804. The summed E-state index contributed by atoms with van der Waals surface area (Å²) in [6.45, 7) is 5.86. The van der Waals surface area contributed by atoms with Crippen LogP contribution in [0.3, 0.4) is 0 Å². The molecule has 0 aliphatic carbocycles. The minimum absolute atomic E-state index is 0.426. The Hall–Kier alpha value is -0.380. The Morgan fingerprint density at radius 3 is 3.06 bits per heavy atom. The van der Waals surface area contributed by atoms with Crippen LogP contribution in [0.1, 0.15) is 31.4 Å². The van der Waals surface area contributed by atoms with Crippen LogP contribution in [0.5, 0.6) is 0 Å². The smallest absolute Gasteiger partial charge is 0.0292 e. The number of halogens is 1. The second kappa shape index (κ2) is 6.69. The van der Waals surface area contributed by atoms with Gasteiger partial charge in [-0.25, -0.2) is 0 Å². The highest BCUT2D eigenvalue weighted by molar-refractivity contribution is 9.10. The molecule has 18 heavy (non-hydrogen) atoms. The first-order chi connectivity index (χ1) is 8.65. The maximum atomic E-state index is 3.67. The average molecular weight is 311 g/mol. The third-order valence-electron chi connectivity index (χ3n) is 3.78. The van der Waals surface area contributed by atoms with Gasteiger partial charge in [-0.1, -0.05) is 28.1 Å². The lowest BCUT2D eigenvalue weighted by molar-refractivity contribution is 0.203. The number of nitrogens with zero attached hydrogens (tertiary/aromatic N) is 1. The molecule has 1 fully saturated rings. The first-order valence-electron chi connectivity index (χ1n) is 6.82. The van der Waals surface area contributed by atoms with Crippen LogP contribution >= 0.6 is 15.9 Å². The number of piperidine rings is 1. The minimum atomic E-state index is 0.426. The molecule has 0 aromatic heterocycles. The first kappa shape index (κ1) is 14.0. The molecule has 1 heterocycles. The molecule has 100 valence electrons. The summed E-state index contributed by atoms with van der Waals surface area (Å²) in [5, 5.41) is 3.67. The van der Waals surface area contributed by atoms with E-state index >= 15 is 0 Å². The highest BCUT2D eigenvalue weighted by atomic mass is 79.9. The predicted octanol–water partition coefficient (Wildman–Crippen LogP) is 3.44. The number of likely N-dealkylation sites (tertiary alicyclic amines) is 1. The normalized spacial score (nSPS) is 22.9. The third kappa shape index (κ3) is 4.08. The number of hydrogen-bond donors (Lipinski definition) is 1. The zero-order chi connectivity index (χ0) is 13.0.